The van der Waals surface area contributed by atoms with Gasteiger partial charge in [0.25, 0.3) is 0 Å². The van der Waals surface area contributed by atoms with E-state index < -0.39 is 0 Å². The Morgan fingerprint density at radius 1 is 1.53 bits per heavy atom. The van der Waals surface area contributed by atoms with E-state index in [4.69, 9.17) is 4.74 Å². The lowest BCUT2D eigenvalue weighted by Gasteiger charge is -2.04. The highest BCUT2D eigenvalue weighted by Gasteiger charge is 2.24. The molecule has 0 amide bonds. The fourth-order valence-electron chi connectivity index (χ4n) is 1.96. The first kappa shape index (κ1) is 11.1. The van der Waals surface area contributed by atoms with E-state index in [1.807, 2.05) is 4.52 Å². The van der Waals surface area contributed by atoms with Crippen molar-refractivity contribution in [1.29, 1.82) is 0 Å². The van der Waals surface area contributed by atoms with Gasteiger partial charge in [0, 0.05) is 13.2 Å². The average molecular weight is 253 g/mol. The second-order valence-electron chi connectivity index (χ2n) is 4.03. The summed E-state index contributed by atoms with van der Waals surface area (Å²) in [6, 6.07) is 0. The van der Waals surface area contributed by atoms with Crippen LogP contribution in [0.4, 0.5) is 0 Å². The summed E-state index contributed by atoms with van der Waals surface area (Å²) in [5, 5.41) is 17.1. The molecule has 92 valence electrons. The first-order chi connectivity index (χ1) is 8.38. The highest BCUT2D eigenvalue weighted by atomic mass is 32.1. The molecule has 3 rings (SSSR count). The van der Waals surface area contributed by atoms with Crippen LogP contribution in [-0.2, 0) is 11.3 Å². The van der Waals surface area contributed by atoms with Crippen molar-refractivity contribution in [2.45, 2.75) is 32.4 Å². The Kier molecular flexibility index (Phi) is 3.04. The van der Waals surface area contributed by atoms with E-state index in [-0.39, 0.29) is 6.10 Å². The second kappa shape index (κ2) is 4.67. The molecular formula is C10H15N5OS. The van der Waals surface area contributed by atoms with E-state index in [9.17, 15) is 0 Å². The van der Waals surface area contributed by atoms with Crippen LogP contribution in [0.2, 0.25) is 0 Å². The molecule has 1 unspecified atom stereocenters. The molecule has 3 heterocycles. The van der Waals surface area contributed by atoms with Gasteiger partial charge in [-0.3, -0.25) is 0 Å². The third-order valence-corrected chi connectivity index (χ3v) is 3.70. The molecule has 0 saturated carbocycles. The molecule has 0 bridgehead atoms. The molecule has 17 heavy (non-hydrogen) atoms. The van der Waals surface area contributed by atoms with Crippen LogP contribution >= 0.6 is 11.3 Å². The van der Waals surface area contributed by atoms with Crippen molar-refractivity contribution in [2.75, 3.05) is 13.2 Å². The lowest BCUT2D eigenvalue weighted by atomic mass is 10.2. The molecule has 0 aliphatic carbocycles. The fourth-order valence-corrected chi connectivity index (χ4v) is 2.77. The summed E-state index contributed by atoms with van der Waals surface area (Å²) in [5.41, 5.74) is 0. The van der Waals surface area contributed by atoms with Crippen molar-refractivity contribution in [2.24, 2.45) is 0 Å². The van der Waals surface area contributed by atoms with Crippen LogP contribution in [-0.4, -0.2) is 33.0 Å². The summed E-state index contributed by atoms with van der Waals surface area (Å²) < 4.78 is 7.45. The first-order valence-corrected chi connectivity index (χ1v) is 6.73. The number of hydrogen-bond donors (Lipinski definition) is 1. The smallest absolute Gasteiger partial charge is 0.234 e. The zero-order valence-corrected chi connectivity index (χ0v) is 10.5. The molecule has 0 spiro atoms. The second-order valence-corrected chi connectivity index (χ2v) is 5.07. The van der Waals surface area contributed by atoms with Gasteiger partial charge in [0.1, 0.15) is 11.1 Å². The van der Waals surface area contributed by atoms with Gasteiger partial charge in [0.15, 0.2) is 5.82 Å². The van der Waals surface area contributed by atoms with Crippen molar-refractivity contribution in [3.8, 4) is 0 Å². The molecule has 1 N–H and O–H groups in total. The highest BCUT2D eigenvalue weighted by Crippen LogP contribution is 2.28. The van der Waals surface area contributed by atoms with E-state index in [2.05, 4.69) is 27.5 Å². The van der Waals surface area contributed by atoms with Crippen LogP contribution in [0.5, 0.6) is 0 Å². The molecule has 6 nitrogen and oxygen atoms in total. The predicted molar refractivity (Wildman–Crippen MR) is 64.0 cm³/mol. The minimum atomic E-state index is 0.0686. The standard InChI is InChI=1S/C10H15N5OS/c1-2-11-6-8-14-15-9(7-4-3-5-16-7)12-13-10(15)17-8/h7,11H,2-6H2,1H3. The number of aromatic nitrogens is 4. The number of nitrogens with zero attached hydrogens (tertiary/aromatic N) is 4. The monoisotopic (exact) mass is 253 g/mol. The zero-order chi connectivity index (χ0) is 11.7. The summed E-state index contributed by atoms with van der Waals surface area (Å²) in [4.78, 5) is 0.850. The molecule has 2 aromatic rings. The molecule has 0 aromatic carbocycles. The zero-order valence-electron chi connectivity index (χ0n) is 9.72. The summed E-state index contributed by atoms with van der Waals surface area (Å²) in [6.07, 6.45) is 2.17. The molecule has 7 heteroatoms. The topological polar surface area (TPSA) is 64.3 Å². The van der Waals surface area contributed by atoms with Crippen molar-refractivity contribution >= 4 is 16.3 Å². The Labute approximate surface area is 103 Å². The summed E-state index contributed by atoms with van der Waals surface area (Å²) >= 11 is 1.58. The van der Waals surface area contributed by atoms with E-state index in [1.165, 1.54) is 0 Å². The summed E-state index contributed by atoms with van der Waals surface area (Å²) in [7, 11) is 0. The Bertz CT molecular complexity index is 502. The van der Waals surface area contributed by atoms with Crippen molar-refractivity contribution in [1.82, 2.24) is 25.1 Å². The van der Waals surface area contributed by atoms with E-state index in [0.29, 0.717) is 0 Å². The van der Waals surface area contributed by atoms with Crippen LogP contribution < -0.4 is 5.32 Å². The number of nitrogens with one attached hydrogen (secondary N) is 1. The van der Waals surface area contributed by atoms with Gasteiger partial charge in [-0.1, -0.05) is 18.3 Å². The van der Waals surface area contributed by atoms with Gasteiger partial charge < -0.3 is 10.1 Å². The molecule has 1 fully saturated rings. The maximum absolute atomic E-state index is 5.62. The van der Waals surface area contributed by atoms with Gasteiger partial charge in [0.2, 0.25) is 4.96 Å². The van der Waals surface area contributed by atoms with Gasteiger partial charge in [-0.2, -0.15) is 9.61 Å². The Balaban J connectivity index is 1.88. The predicted octanol–water partition coefficient (Wildman–Crippen LogP) is 1.15. The molecule has 1 aliphatic heterocycles. The Morgan fingerprint density at radius 2 is 2.47 bits per heavy atom. The lowest BCUT2D eigenvalue weighted by Crippen LogP contribution is -2.12. The third kappa shape index (κ3) is 2.05. The Hall–Kier alpha value is -1.05. The fraction of sp³-hybridized carbons (Fsp3) is 0.700. The van der Waals surface area contributed by atoms with Crippen LogP contribution in [0, 0.1) is 0 Å². The van der Waals surface area contributed by atoms with Crippen molar-refractivity contribution in [3.63, 3.8) is 0 Å². The van der Waals surface area contributed by atoms with Crippen LogP contribution in [0.25, 0.3) is 4.96 Å². The summed E-state index contributed by atoms with van der Waals surface area (Å²) in [5.74, 6) is 0.844. The Morgan fingerprint density at radius 3 is 3.24 bits per heavy atom. The van der Waals surface area contributed by atoms with Gasteiger partial charge >= 0.3 is 0 Å². The van der Waals surface area contributed by atoms with E-state index in [0.717, 1.165) is 48.3 Å². The largest absolute Gasteiger partial charge is 0.370 e. The van der Waals surface area contributed by atoms with Crippen molar-refractivity contribution < 1.29 is 4.74 Å². The minimum Gasteiger partial charge on any atom is -0.370 e. The van der Waals surface area contributed by atoms with Crippen LogP contribution in [0.1, 0.15) is 36.7 Å². The first-order valence-electron chi connectivity index (χ1n) is 5.92. The normalized spacial score (nSPS) is 20.4. The minimum absolute atomic E-state index is 0.0686. The number of rotatable bonds is 4. The van der Waals surface area contributed by atoms with Crippen LogP contribution in [0.3, 0.4) is 0 Å². The molecule has 1 aliphatic rings. The maximum Gasteiger partial charge on any atom is 0.234 e. The molecule has 2 aromatic heterocycles. The summed E-state index contributed by atoms with van der Waals surface area (Å²) in [6.45, 7) is 4.63. The van der Waals surface area contributed by atoms with Crippen molar-refractivity contribution in [3.05, 3.63) is 10.8 Å². The third-order valence-electron chi connectivity index (χ3n) is 2.80. The molecule has 1 atom stereocenters. The van der Waals surface area contributed by atoms with Gasteiger partial charge in [-0.25, -0.2) is 0 Å². The number of ether oxygens (including phenoxy) is 1. The van der Waals surface area contributed by atoms with Gasteiger partial charge in [-0.05, 0) is 19.4 Å². The average Bonchev–Trinajstić information content (AvgIpc) is 3.01. The molecule has 1 saturated heterocycles. The molecule has 0 radical (unpaired) electrons. The highest BCUT2D eigenvalue weighted by molar-refractivity contribution is 7.16. The van der Waals surface area contributed by atoms with Gasteiger partial charge in [-0.15, -0.1) is 10.2 Å². The number of fused-ring (bicyclic) bond motifs is 1. The lowest BCUT2D eigenvalue weighted by molar-refractivity contribution is 0.103. The maximum atomic E-state index is 5.62. The quantitative estimate of drug-likeness (QED) is 0.885. The molecular weight excluding hydrogens is 238 g/mol. The van der Waals surface area contributed by atoms with Gasteiger partial charge in [0.05, 0.1) is 0 Å². The van der Waals surface area contributed by atoms with Crippen LogP contribution in [0.15, 0.2) is 0 Å². The van der Waals surface area contributed by atoms with E-state index >= 15 is 0 Å². The SMILES string of the molecule is CCNCc1nn2c(C3CCCO3)nnc2s1. The van der Waals surface area contributed by atoms with E-state index in [1.54, 1.807) is 11.3 Å². The number of hydrogen-bond acceptors (Lipinski definition) is 6.